The first-order chi connectivity index (χ1) is 16.9. The molecule has 178 valence electrons. The van der Waals surface area contributed by atoms with E-state index in [9.17, 15) is 18.9 Å². The number of para-hydroxylation sites is 1. The Kier molecular flexibility index (Phi) is 7.27. The standard InChI is InChI=1S/C24H18F2N4O4S/c1-33-19-12-8-18(9-13-19)28-24-29(27-14-17-4-2-3-5-21(17)30(31)32)22(15-35-24)16-6-10-20(11-7-16)34-23(25)26/h2-15,23H,1H3. The molecule has 0 fully saturated rings. The molecular weight excluding hydrogens is 478 g/mol. The van der Waals surface area contributed by atoms with Crippen molar-refractivity contribution in [3.05, 3.63) is 98.7 Å². The van der Waals surface area contributed by atoms with Crippen LogP contribution in [0.1, 0.15) is 5.56 Å². The van der Waals surface area contributed by atoms with Crippen molar-refractivity contribution in [2.24, 2.45) is 10.1 Å². The third kappa shape index (κ3) is 5.76. The van der Waals surface area contributed by atoms with Crippen LogP contribution in [0.15, 0.2) is 88.3 Å². The van der Waals surface area contributed by atoms with Gasteiger partial charge in [-0.1, -0.05) is 12.1 Å². The summed E-state index contributed by atoms with van der Waals surface area (Å²) in [5.41, 5.74) is 2.16. The second kappa shape index (κ2) is 10.7. The fourth-order valence-corrected chi connectivity index (χ4v) is 4.00. The largest absolute Gasteiger partial charge is 0.497 e. The molecule has 35 heavy (non-hydrogen) atoms. The molecule has 0 atom stereocenters. The number of aromatic nitrogens is 1. The van der Waals surface area contributed by atoms with Crippen molar-refractivity contribution in [1.29, 1.82) is 0 Å². The number of nitrogens with zero attached hydrogens (tertiary/aromatic N) is 4. The van der Waals surface area contributed by atoms with Gasteiger partial charge >= 0.3 is 6.61 Å². The third-order valence-electron chi connectivity index (χ3n) is 4.80. The number of hydrogen-bond donors (Lipinski definition) is 0. The lowest BCUT2D eigenvalue weighted by atomic mass is 10.2. The van der Waals surface area contributed by atoms with E-state index >= 15 is 0 Å². The van der Waals surface area contributed by atoms with Gasteiger partial charge in [0.2, 0.25) is 4.80 Å². The van der Waals surface area contributed by atoms with Crippen LogP contribution in [0.4, 0.5) is 20.2 Å². The summed E-state index contributed by atoms with van der Waals surface area (Å²) in [4.78, 5) is 16.0. The summed E-state index contributed by atoms with van der Waals surface area (Å²) in [7, 11) is 1.57. The highest BCUT2D eigenvalue weighted by Gasteiger charge is 2.13. The van der Waals surface area contributed by atoms with E-state index in [1.165, 1.54) is 40.4 Å². The van der Waals surface area contributed by atoms with Crippen LogP contribution in [0.3, 0.4) is 0 Å². The smallest absolute Gasteiger partial charge is 0.387 e. The highest BCUT2D eigenvalue weighted by Crippen LogP contribution is 2.25. The molecule has 4 rings (SSSR count). The van der Waals surface area contributed by atoms with Crippen LogP contribution >= 0.6 is 11.3 Å². The molecule has 0 spiro atoms. The Morgan fingerprint density at radius 1 is 1.03 bits per heavy atom. The molecule has 0 N–H and O–H groups in total. The van der Waals surface area contributed by atoms with Gasteiger partial charge in [-0.2, -0.15) is 13.9 Å². The minimum Gasteiger partial charge on any atom is -0.497 e. The number of halogens is 2. The molecular formula is C24H18F2N4O4S. The molecule has 11 heteroatoms. The van der Waals surface area contributed by atoms with Gasteiger partial charge in [0.15, 0.2) is 0 Å². The molecule has 0 aliphatic heterocycles. The minimum absolute atomic E-state index is 0.0251. The maximum atomic E-state index is 12.5. The van der Waals surface area contributed by atoms with Crippen LogP contribution in [0.25, 0.3) is 11.3 Å². The van der Waals surface area contributed by atoms with Gasteiger partial charge in [0.25, 0.3) is 5.69 Å². The predicted molar refractivity (Wildman–Crippen MR) is 129 cm³/mol. The van der Waals surface area contributed by atoms with E-state index in [1.807, 2.05) is 5.38 Å². The lowest BCUT2D eigenvalue weighted by Gasteiger charge is -2.07. The summed E-state index contributed by atoms with van der Waals surface area (Å²) in [6, 6.07) is 19.4. The van der Waals surface area contributed by atoms with Crippen LogP contribution in [0.5, 0.6) is 11.5 Å². The van der Waals surface area contributed by atoms with Crippen molar-refractivity contribution >= 4 is 28.9 Å². The summed E-state index contributed by atoms with van der Waals surface area (Å²) in [5, 5.41) is 17.7. The van der Waals surface area contributed by atoms with Crippen LogP contribution in [-0.2, 0) is 0 Å². The number of ether oxygens (including phenoxy) is 2. The van der Waals surface area contributed by atoms with Crippen molar-refractivity contribution < 1.29 is 23.2 Å². The van der Waals surface area contributed by atoms with Gasteiger partial charge in [-0.15, -0.1) is 11.3 Å². The highest BCUT2D eigenvalue weighted by atomic mass is 32.1. The SMILES string of the molecule is COc1ccc(N=c2scc(-c3ccc(OC(F)F)cc3)n2N=Cc2ccccc2[N+](=O)[O-])cc1. The molecule has 0 saturated heterocycles. The Morgan fingerprint density at radius 3 is 2.37 bits per heavy atom. The number of hydrogen-bond acceptors (Lipinski definition) is 7. The molecule has 0 radical (unpaired) electrons. The highest BCUT2D eigenvalue weighted by molar-refractivity contribution is 7.07. The van der Waals surface area contributed by atoms with Gasteiger partial charge in [-0.3, -0.25) is 10.1 Å². The van der Waals surface area contributed by atoms with E-state index < -0.39 is 11.5 Å². The first-order valence-electron chi connectivity index (χ1n) is 10.2. The number of alkyl halides is 2. The minimum atomic E-state index is -2.92. The topological polar surface area (TPSA) is 91.2 Å². The van der Waals surface area contributed by atoms with Gasteiger partial charge in [0.1, 0.15) is 11.5 Å². The van der Waals surface area contributed by atoms with Crippen LogP contribution in [0.2, 0.25) is 0 Å². The van der Waals surface area contributed by atoms with Crippen molar-refractivity contribution in [3.63, 3.8) is 0 Å². The summed E-state index contributed by atoms with van der Waals surface area (Å²) < 4.78 is 36.1. The molecule has 0 aliphatic carbocycles. The number of thiazole rings is 1. The zero-order chi connectivity index (χ0) is 24.8. The number of nitro benzene ring substituents is 1. The number of benzene rings is 3. The molecule has 8 nitrogen and oxygen atoms in total. The van der Waals surface area contributed by atoms with Crippen molar-refractivity contribution in [2.45, 2.75) is 6.61 Å². The van der Waals surface area contributed by atoms with Crippen LogP contribution in [0, 0.1) is 10.1 Å². The van der Waals surface area contributed by atoms with E-state index in [4.69, 9.17) is 4.74 Å². The van der Waals surface area contributed by atoms with Gasteiger partial charge < -0.3 is 9.47 Å². The summed E-state index contributed by atoms with van der Waals surface area (Å²) in [6.07, 6.45) is 1.38. The third-order valence-corrected chi connectivity index (χ3v) is 5.62. The molecule has 0 unspecified atom stereocenters. The Hall–Kier alpha value is -4.38. The molecule has 0 aliphatic rings. The summed E-state index contributed by atoms with van der Waals surface area (Å²) in [5.74, 6) is 0.710. The average molecular weight is 496 g/mol. The molecule has 0 saturated carbocycles. The van der Waals surface area contributed by atoms with Crippen molar-refractivity contribution in [2.75, 3.05) is 7.11 Å². The van der Waals surface area contributed by atoms with Gasteiger partial charge in [0.05, 0.1) is 35.2 Å². The zero-order valence-corrected chi connectivity index (χ0v) is 19.1. The molecule has 4 aromatic rings. The first kappa shape index (κ1) is 23.8. The maximum absolute atomic E-state index is 12.5. The van der Waals surface area contributed by atoms with Gasteiger partial charge in [0, 0.05) is 17.0 Å². The predicted octanol–water partition coefficient (Wildman–Crippen LogP) is 5.85. The average Bonchev–Trinajstić information content (AvgIpc) is 3.25. The molecule has 0 amide bonds. The number of methoxy groups -OCH3 is 1. The van der Waals surface area contributed by atoms with E-state index in [-0.39, 0.29) is 11.4 Å². The number of rotatable bonds is 8. The van der Waals surface area contributed by atoms with E-state index in [0.717, 1.165) is 0 Å². The lowest BCUT2D eigenvalue weighted by Crippen LogP contribution is -2.11. The molecule has 3 aromatic carbocycles. The Morgan fingerprint density at radius 2 is 1.71 bits per heavy atom. The summed E-state index contributed by atoms with van der Waals surface area (Å²) >= 11 is 1.30. The van der Waals surface area contributed by atoms with Crippen molar-refractivity contribution in [1.82, 2.24) is 4.68 Å². The van der Waals surface area contributed by atoms with E-state index in [2.05, 4.69) is 14.8 Å². The normalized spacial score (nSPS) is 11.8. The second-order valence-corrected chi connectivity index (χ2v) is 7.83. The maximum Gasteiger partial charge on any atom is 0.387 e. The monoisotopic (exact) mass is 496 g/mol. The molecule has 1 aromatic heterocycles. The lowest BCUT2D eigenvalue weighted by molar-refractivity contribution is -0.385. The van der Waals surface area contributed by atoms with Crippen molar-refractivity contribution in [3.8, 4) is 22.8 Å². The first-order valence-corrected chi connectivity index (χ1v) is 11.0. The zero-order valence-electron chi connectivity index (χ0n) is 18.2. The Balaban J connectivity index is 1.80. The number of nitro groups is 1. The molecule has 1 heterocycles. The van der Waals surface area contributed by atoms with Crippen LogP contribution in [-0.4, -0.2) is 29.5 Å². The fraction of sp³-hybridized carbons (Fsp3) is 0.0833. The van der Waals surface area contributed by atoms with Crippen LogP contribution < -0.4 is 14.3 Å². The van der Waals surface area contributed by atoms with Gasteiger partial charge in [-0.25, -0.2) is 9.67 Å². The fourth-order valence-electron chi connectivity index (χ4n) is 3.14. The Labute approximate surface area is 202 Å². The summed E-state index contributed by atoms with van der Waals surface area (Å²) in [6.45, 7) is -2.92. The van der Waals surface area contributed by atoms with E-state index in [1.54, 1.807) is 61.7 Å². The van der Waals surface area contributed by atoms with E-state index in [0.29, 0.717) is 33.1 Å². The molecule has 0 bridgehead atoms. The quantitative estimate of drug-likeness (QED) is 0.174. The Bertz CT molecular complexity index is 1410. The van der Waals surface area contributed by atoms with Gasteiger partial charge in [-0.05, 0) is 54.6 Å². The second-order valence-electron chi connectivity index (χ2n) is 6.99.